The summed E-state index contributed by atoms with van der Waals surface area (Å²) in [6.45, 7) is 4.39. The Hall–Kier alpha value is -0.980. The maximum absolute atomic E-state index is 3.78. The number of hydrogen-bond acceptors (Lipinski definition) is 1. The molecule has 1 N–H and O–H groups in total. The minimum Gasteiger partial charge on any atom is -0.382 e. The van der Waals surface area contributed by atoms with Gasteiger partial charge in [-0.3, -0.25) is 0 Å². The summed E-state index contributed by atoms with van der Waals surface area (Å²) in [7, 11) is 0. The van der Waals surface area contributed by atoms with Crippen molar-refractivity contribution in [3.63, 3.8) is 0 Å². The van der Waals surface area contributed by atoms with Gasteiger partial charge in [0, 0.05) is 11.7 Å². The molecule has 1 spiro atoms. The fourth-order valence-corrected chi connectivity index (χ4v) is 4.19. The smallest absolute Gasteiger partial charge is 0.0372 e. The van der Waals surface area contributed by atoms with Crippen LogP contribution in [0.1, 0.15) is 62.5 Å². The standard InChI is InChI=1S/C18H27N/c1-14-5-6-17(15(2)13-14)19-16-7-11-18(12-8-16)9-3-4-10-18/h5-6,13,16,19H,3-4,7-12H2,1-2H3. The van der Waals surface area contributed by atoms with Crippen LogP contribution in [0.15, 0.2) is 18.2 Å². The van der Waals surface area contributed by atoms with Crippen LogP contribution >= 0.6 is 0 Å². The van der Waals surface area contributed by atoms with Gasteiger partial charge in [0.15, 0.2) is 0 Å². The van der Waals surface area contributed by atoms with Gasteiger partial charge in [0.05, 0.1) is 0 Å². The molecular formula is C18H27N. The van der Waals surface area contributed by atoms with E-state index in [2.05, 4.69) is 37.4 Å². The third kappa shape index (κ3) is 2.80. The van der Waals surface area contributed by atoms with E-state index in [1.807, 2.05) is 0 Å². The average Bonchev–Trinajstić information content (AvgIpc) is 2.84. The first-order chi connectivity index (χ1) is 9.17. The number of aryl methyl sites for hydroxylation is 2. The predicted molar refractivity (Wildman–Crippen MR) is 82.7 cm³/mol. The minimum atomic E-state index is 0.702. The van der Waals surface area contributed by atoms with Crippen LogP contribution in [-0.2, 0) is 0 Å². The number of anilines is 1. The first kappa shape index (κ1) is 13.0. The average molecular weight is 257 g/mol. The van der Waals surface area contributed by atoms with Crippen molar-refractivity contribution >= 4 is 5.69 Å². The molecule has 0 radical (unpaired) electrons. The summed E-state index contributed by atoms with van der Waals surface area (Å²) in [6.07, 6.45) is 11.6. The molecule has 0 saturated heterocycles. The molecule has 1 nitrogen and oxygen atoms in total. The van der Waals surface area contributed by atoms with Gasteiger partial charge >= 0.3 is 0 Å². The van der Waals surface area contributed by atoms with E-state index in [0.717, 1.165) is 5.41 Å². The van der Waals surface area contributed by atoms with Crippen LogP contribution in [0.4, 0.5) is 5.69 Å². The molecule has 0 amide bonds. The normalized spacial score (nSPS) is 22.8. The van der Waals surface area contributed by atoms with Gasteiger partial charge in [-0.2, -0.15) is 0 Å². The maximum Gasteiger partial charge on any atom is 0.0372 e. The summed E-state index contributed by atoms with van der Waals surface area (Å²) in [4.78, 5) is 0. The third-order valence-electron chi connectivity index (χ3n) is 5.45. The summed E-state index contributed by atoms with van der Waals surface area (Å²) in [5.74, 6) is 0. The van der Waals surface area contributed by atoms with E-state index in [0.29, 0.717) is 6.04 Å². The van der Waals surface area contributed by atoms with Gasteiger partial charge < -0.3 is 5.32 Å². The van der Waals surface area contributed by atoms with Gasteiger partial charge in [-0.1, -0.05) is 30.5 Å². The molecule has 2 saturated carbocycles. The fourth-order valence-electron chi connectivity index (χ4n) is 4.19. The zero-order valence-corrected chi connectivity index (χ0v) is 12.5. The van der Waals surface area contributed by atoms with Crippen molar-refractivity contribution in [2.24, 2.45) is 5.41 Å². The Labute approximate surface area is 117 Å². The maximum atomic E-state index is 3.78. The molecule has 0 unspecified atom stereocenters. The van der Waals surface area contributed by atoms with E-state index in [9.17, 15) is 0 Å². The van der Waals surface area contributed by atoms with E-state index in [1.54, 1.807) is 0 Å². The van der Waals surface area contributed by atoms with Crippen LogP contribution in [0.25, 0.3) is 0 Å². The predicted octanol–water partition coefficient (Wildman–Crippen LogP) is 5.22. The number of rotatable bonds is 2. The molecule has 0 heterocycles. The van der Waals surface area contributed by atoms with Crippen LogP contribution in [0, 0.1) is 19.3 Å². The van der Waals surface area contributed by atoms with Gasteiger partial charge in [-0.15, -0.1) is 0 Å². The topological polar surface area (TPSA) is 12.0 Å². The Balaban J connectivity index is 1.60. The second-order valence-electron chi connectivity index (χ2n) is 6.94. The van der Waals surface area contributed by atoms with Crippen molar-refractivity contribution in [1.82, 2.24) is 0 Å². The Morgan fingerprint density at radius 2 is 1.68 bits per heavy atom. The fraction of sp³-hybridized carbons (Fsp3) is 0.667. The highest BCUT2D eigenvalue weighted by Crippen LogP contribution is 2.49. The van der Waals surface area contributed by atoms with Crippen LogP contribution in [0.5, 0.6) is 0 Å². The first-order valence-corrected chi connectivity index (χ1v) is 8.01. The van der Waals surface area contributed by atoms with Crippen LogP contribution in [0.2, 0.25) is 0 Å². The second-order valence-corrected chi connectivity index (χ2v) is 6.94. The molecular weight excluding hydrogens is 230 g/mol. The number of hydrogen-bond donors (Lipinski definition) is 1. The van der Waals surface area contributed by atoms with E-state index < -0.39 is 0 Å². The third-order valence-corrected chi connectivity index (χ3v) is 5.45. The molecule has 0 bridgehead atoms. The second kappa shape index (κ2) is 5.19. The lowest BCUT2D eigenvalue weighted by atomic mass is 9.71. The molecule has 2 aliphatic carbocycles. The van der Waals surface area contributed by atoms with Gasteiger partial charge in [0.1, 0.15) is 0 Å². The zero-order chi connectivity index (χ0) is 13.3. The van der Waals surface area contributed by atoms with Crippen molar-refractivity contribution in [1.29, 1.82) is 0 Å². The summed E-state index contributed by atoms with van der Waals surface area (Å²) >= 11 is 0. The summed E-state index contributed by atoms with van der Waals surface area (Å²) < 4.78 is 0. The zero-order valence-electron chi connectivity index (χ0n) is 12.5. The molecule has 0 aromatic heterocycles. The minimum absolute atomic E-state index is 0.702. The Morgan fingerprint density at radius 1 is 1.00 bits per heavy atom. The molecule has 0 atom stereocenters. The van der Waals surface area contributed by atoms with Crippen molar-refractivity contribution in [3.8, 4) is 0 Å². The molecule has 1 aromatic rings. The van der Waals surface area contributed by atoms with Crippen LogP contribution in [-0.4, -0.2) is 6.04 Å². The van der Waals surface area contributed by atoms with Crippen molar-refractivity contribution in [3.05, 3.63) is 29.3 Å². The number of benzene rings is 1. The lowest BCUT2D eigenvalue weighted by Crippen LogP contribution is -2.31. The molecule has 19 heavy (non-hydrogen) atoms. The molecule has 1 aromatic carbocycles. The van der Waals surface area contributed by atoms with E-state index in [-0.39, 0.29) is 0 Å². The molecule has 0 aliphatic heterocycles. The van der Waals surface area contributed by atoms with Crippen LogP contribution in [0.3, 0.4) is 0 Å². The van der Waals surface area contributed by atoms with E-state index in [4.69, 9.17) is 0 Å². The molecule has 2 fully saturated rings. The monoisotopic (exact) mass is 257 g/mol. The van der Waals surface area contributed by atoms with Gasteiger partial charge in [-0.05, 0) is 69.4 Å². The van der Waals surface area contributed by atoms with Gasteiger partial charge in [0.25, 0.3) is 0 Å². The first-order valence-electron chi connectivity index (χ1n) is 8.01. The Kier molecular flexibility index (Phi) is 3.56. The largest absolute Gasteiger partial charge is 0.382 e. The molecule has 3 rings (SSSR count). The molecule has 104 valence electrons. The van der Waals surface area contributed by atoms with Gasteiger partial charge in [0.2, 0.25) is 0 Å². The van der Waals surface area contributed by atoms with E-state index in [1.165, 1.54) is 68.2 Å². The van der Waals surface area contributed by atoms with Crippen molar-refractivity contribution < 1.29 is 0 Å². The summed E-state index contributed by atoms with van der Waals surface area (Å²) in [5, 5.41) is 3.78. The summed E-state index contributed by atoms with van der Waals surface area (Å²) in [6, 6.07) is 7.46. The van der Waals surface area contributed by atoms with Crippen molar-refractivity contribution in [2.75, 3.05) is 5.32 Å². The molecule has 2 aliphatic rings. The highest BCUT2D eigenvalue weighted by Gasteiger charge is 2.37. The van der Waals surface area contributed by atoms with Crippen LogP contribution < -0.4 is 5.32 Å². The van der Waals surface area contributed by atoms with Crippen molar-refractivity contribution in [2.45, 2.75) is 71.3 Å². The quantitative estimate of drug-likeness (QED) is 0.766. The highest BCUT2D eigenvalue weighted by atomic mass is 14.9. The lowest BCUT2D eigenvalue weighted by Gasteiger charge is -2.38. The Morgan fingerprint density at radius 3 is 2.32 bits per heavy atom. The highest BCUT2D eigenvalue weighted by molar-refractivity contribution is 5.52. The SMILES string of the molecule is Cc1ccc(NC2CCC3(CCCC3)CC2)c(C)c1. The number of nitrogens with one attached hydrogen (secondary N) is 1. The van der Waals surface area contributed by atoms with Gasteiger partial charge in [-0.25, -0.2) is 0 Å². The lowest BCUT2D eigenvalue weighted by molar-refractivity contribution is 0.188. The van der Waals surface area contributed by atoms with E-state index >= 15 is 0 Å². The Bertz CT molecular complexity index is 433. The summed E-state index contributed by atoms with van der Waals surface area (Å²) in [5.41, 5.74) is 4.84. The molecule has 1 heteroatoms.